The zero-order valence-electron chi connectivity index (χ0n) is 16.8. The van der Waals surface area contributed by atoms with Gasteiger partial charge in [-0.1, -0.05) is 84.9 Å². The standard InChI is InChI=1S/C19H44OSi2/c1-8-10-11-12-13-14-15-16-17-19(9-2)20-22(6,7)18-21(3,4)5/h19H,8-18H2,1-7H3. The smallest absolute Gasteiger partial charge is 0.184 e. The summed E-state index contributed by atoms with van der Waals surface area (Å²) in [6.45, 7) is 16.9. The van der Waals surface area contributed by atoms with Crippen molar-refractivity contribution >= 4 is 16.4 Å². The van der Waals surface area contributed by atoms with Crippen molar-refractivity contribution in [2.75, 3.05) is 0 Å². The fourth-order valence-corrected chi connectivity index (χ4v) is 15.4. The molecule has 0 heterocycles. The highest BCUT2D eigenvalue weighted by Crippen LogP contribution is 2.24. The first-order valence-electron chi connectivity index (χ1n) is 9.88. The van der Waals surface area contributed by atoms with E-state index < -0.39 is 16.4 Å². The number of rotatable bonds is 14. The lowest BCUT2D eigenvalue weighted by molar-refractivity contribution is 0.174. The zero-order chi connectivity index (χ0) is 17.1. The minimum atomic E-state index is -1.45. The van der Waals surface area contributed by atoms with Crippen LogP contribution in [0.4, 0.5) is 0 Å². The van der Waals surface area contributed by atoms with E-state index in [0.717, 1.165) is 0 Å². The molecule has 0 aliphatic heterocycles. The summed E-state index contributed by atoms with van der Waals surface area (Å²) in [5, 5.41) is 0. The van der Waals surface area contributed by atoms with Gasteiger partial charge in [0.2, 0.25) is 0 Å². The Bertz CT molecular complexity index is 259. The molecule has 0 saturated carbocycles. The fourth-order valence-electron chi connectivity index (χ4n) is 3.62. The summed E-state index contributed by atoms with van der Waals surface area (Å²) >= 11 is 0. The van der Waals surface area contributed by atoms with Gasteiger partial charge in [0.1, 0.15) is 0 Å². The van der Waals surface area contributed by atoms with Crippen molar-refractivity contribution in [2.24, 2.45) is 0 Å². The molecule has 0 aromatic carbocycles. The third-order valence-corrected chi connectivity index (χ3v) is 12.9. The number of hydrogen-bond donors (Lipinski definition) is 0. The average Bonchev–Trinajstić information content (AvgIpc) is 2.37. The first-order chi connectivity index (χ1) is 10.2. The Balaban J connectivity index is 3.83. The van der Waals surface area contributed by atoms with Gasteiger partial charge in [0.05, 0.1) is 0 Å². The fraction of sp³-hybridized carbons (Fsp3) is 1.00. The van der Waals surface area contributed by atoms with Crippen molar-refractivity contribution in [3.05, 3.63) is 0 Å². The Kier molecular flexibility index (Phi) is 12.1. The van der Waals surface area contributed by atoms with E-state index in [0.29, 0.717) is 6.10 Å². The first-order valence-corrected chi connectivity index (χ1v) is 16.7. The average molecular weight is 345 g/mol. The second-order valence-electron chi connectivity index (χ2n) is 8.91. The van der Waals surface area contributed by atoms with E-state index in [4.69, 9.17) is 4.43 Å². The molecule has 0 radical (unpaired) electrons. The van der Waals surface area contributed by atoms with Crippen molar-refractivity contribution in [1.29, 1.82) is 0 Å². The third kappa shape index (κ3) is 14.0. The number of unbranched alkanes of at least 4 members (excludes halogenated alkanes) is 7. The highest BCUT2D eigenvalue weighted by Gasteiger charge is 2.32. The third-order valence-electron chi connectivity index (χ3n) is 4.28. The lowest BCUT2D eigenvalue weighted by Crippen LogP contribution is -2.42. The predicted octanol–water partition coefficient (Wildman–Crippen LogP) is 7.39. The molecule has 3 heteroatoms. The van der Waals surface area contributed by atoms with Crippen LogP contribution in [0.2, 0.25) is 38.4 Å². The Hall–Kier alpha value is 0.394. The van der Waals surface area contributed by atoms with E-state index in [1.54, 1.807) is 0 Å². The Morgan fingerprint density at radius 1 is 0.727 bits per heavy atom. The Morgan fingerprint density at radius 3 is 1.68 bits per heavy atom. The molecule has 1 atom stereocenters. The summed E-state index contributed by atoms with van der Waals surface area (Å²) in [6, 6.07) is 0. The van der Waals surface area contributed by atoms with Crippen LogP contribution < -0.4 is 0 Å². The van der Waals surface area contributed by atoms with E-state index in [1.807, 2.05) is 0 Å². The SMILES string of the molecule is CCCCCCCCCCC(CC)O[Si](C)(C)C[Si](C)(C)C. The van der Waals surface area contributed by atoms with Crippen molar-refractivity contribution in [1.82, 2.24) is 0 Å². The highest BCUT2D eigenvalue weighted by molar-refractivity contribution is 6.92. The van der Waals surface area contributed by atoms with Crippen molar-refractivity contribution < 1.29 is 4.43 Å². The normalized spacial score (nSPS) is 14.3. The molecule has 0 aliphatic carbocycles. The van der Waals surface area contributed by atoms with E-state index in [2.05, 4.69) is 46.6 Å². The largest absolute Gasteiger partial charge is 0.415 e. The van der Waals surface area contributed by atoms with E-state index in [9.17, 15) is 0 Å². The maximum Gasteiger partial charge on any atom is 0.184 e. The van der Waals surface area contributed by atoms with Gasteiger partial charge in [0.25, 0.3) is 0 Å². The Morgan fingerprint density at radius 2 is 1.23 bits per heavy atom. The van der Waals surface area contributed by atoms with Gasteiger partial charge in [0, 0.05) is 14.2 Å². The second-order valence-corrected chi connectivity index (χ2v) is 19.2. The van der Waals surface area contributed by atoms with Crippen molar-refractivity contribution in [3.8, 4) is 0 Å². The molecule has 0 amide bonds. The van der Waals surface area contributed by atoms with Crippen LogP contribution in [0.5, 0.6) is 0 Å². The van der Waals surface area contributed by atoms with Gasteiger partial charge in [-0.2, -0.15) is 0 Å². The maximum atomic E-state index is 6.60. The lowest BCUT2D eigenvalue weighted by Gasteiger charge is -2.33. The molecule has 0 saturated heterocycles. The van der Waals surface area contributed by atoms with Gasteiger partial charge >= 0.3 is 0 Å². The van der Waals surface area contributed by atoms with Gasteiger partial charge in [-0.25, -0.2) is 0 Å². The molecule has 0 fully saturated rings. The van der Waals surface area contributed by atoms with Crippen LogP contribution in [-0.4, -0.2) is 22.5 Å². The molecule has 134 valence electrons. The molecule has 22 heavy (non-hydrogen) atoms. The molecule has 0 bridgehead atoms. The van der Waals surface area contributed by atoms with Gasteiger partial charge in [-0.3, -0.25) is 0 Å². The van der Waals surface area contributed by atoms with Crippen LogP contribution in [0.3, 0.4) is 0 Å². The van der Waals surface area contributed by atoms with Gasteiger partial charge in [-0.15, -0.1) is 0 Å². The van der Waals surface area contributed by atoms with Crippen LogP contribution in [0.15, 0.2) is 0 Å². The molecule has 1 nitrogen and oxygen atoms in total. The number of hydrogen-bond acceptors (Lipinski definition) is 1. The Labute approximate surface area is 143 Å². The van der Waals surface area contributed by atoms with E-state index in [1.165, 1.54) is 69.9 Å². The first kappa shape index (κ1) is 22.4. The summed E-state index contributed by atoms with van der Waals surface area (Å²) in [4.78, 5) is 0. The topological polar surface area (TPSA) is 9.23 Å². The van der Waals surface area contributed by atoms with Crippen LogP contribution >= 0.6 is 0 Å². The monoisotopic (exact) mass is 344 g/mol. The second kappa shape index (κ2) is 11.9. The molecule has 0 aromatic rings. The quantitative estimate of drug-likeness (QED) is 0.236. The van der Waals surface area contributed by atoms with E-state index >= 15 is 0 Å². The van der Waals surface area contributed by atoms with Crippen molar-refractivity contribution in [2.45, 2.75) is 123 Å². The van der Waals surface area contributed by atoms with Gasteiger partial charge in [-0.05, 0) is 31.6 Å². The molecule has 0 N–H and O–H groups in total. The minimum absolute atomic E-state index is 0.526. The van der Waals surface area contributed by atoms with Gasteiger partial charge < -0.3 is 4.43 Å². The summed E-state index contributed by atoms with van der Waals surface area (Å²) in [6.07, 6.45) is 14.3. The van der Waals surface area contributed by atoms with E-state index in [-0.39, 0.29) is 0 Å². The summed E-state index contributed by atoms with van der Waals surface area (Å²) in [5.74, 6) is 0. The molecule has 0 rings (SSSR count). The van der Waals surface area contributed by atoms with Crippen LogP contribution in [0.25, 0.3) is 0 Å². The predicted molar refractivity (Wildman–Crippen MR) is 108 cm³/mol. The molecule has 1 unspecified atom stereocenters. The summed E-state index contributed by atoms with van der Waals surface area (Å²) in [5.41, 5.74) is 1.40. The molecular formula is C19H44OSi2. The highest BCUT2D eigenvalue weighted by atomic mass is 28.4. The van der Waals surface area contributed by atoms with Crippen LogP contribution in [-0.2, 0) is 4.43 Å². The summed E-state index contributed by atoms with van der Waals surface area (Å²) < 4.78 is 6.60. The molecule has 0 spiro atoms. The maximum absolute atomic E-state index is 6.60. The molecule has 0 aliphatic rings. The lowest BCUT2D eigenvalue weighted by atomic mass is 10.0. The zero-order valence-corrected chi connectivity index (χ0v) is 18.8. The molecular weight excluding hydrogens is 300 g/mol. The van der Waals surface area contributed by atoms with Crippen LogP contribution in [0, 0.1) is 0 Å². The summed E-state index contributed by atoms with van der Waals surface area (Å²) in [7, 11) is -2.45. The minimum Gasteiger partial charge on any atom is -0.415 e. The van der Waals surface area contributed by atoms with Crippen molar-refractivity contribution in [3.63, 3.8) is 0 Å². The van der Waals surface area contributed by atoms with Gasteiger partial charge in [0.15, 0.2) is 8.32 Å². The van der Waals surface area contributed by atoms with Crippen LogP contribution in [0.1, 0.15) is 78.1 Å². The molecule has 0 aromatic heterocycles.